The summed E-state index contributed by atoms with van der Waals surface area (Å²) < 4.78 is 4.80. The maximum atomic E-state index is 13.3. The van der Waals surface area contributed by atoms with Gasteiger partial charge in [-0.1, -0.05) is 0 Å². The molecular formula is C20H20O14. The van der Waals surface area contributed by atoms with E-state index in [0.29, 0.717) is 24.3 Å². The fourth-order valence-corrected chi connectivity index (χ4v) is 3.67. The summed E-state index contributed by atoms with van der Waals surface area (Å²) in [5, 5.41) is 111. The molecule has 2 aromatic carbocycles. The van der Waals surface area contributed by atoms with Crippen LogP contribution in [-0.2, 0) is 4.74 Å². The number of hydrogen-bond acceptors (Lipinski definition) is 14. The number of carbonyl (C=O) groups excluding carboxylic acids is 2. The van der Waals surface area contributed by atoms with E-state index in [1.54, 1.807) is 0 Å². The molecule has 0 saturated carbocycles. The largest absolute Gasteiger partial charge is 0.504 e. The molecule has 184 valence electrons. The minimum atomic E-state index is -3.80. The smallest absolute Gasteiger partial charge is 0.217 e. The van der Waals surface area contributed by atoms with Gasteiger partial charge in [-0.25, -0.2) is 0 Å². The first kappa shape index (κ1) is 25.0. The Morgan fingerprint density at radius 3 is 1.44 bits per heavy atom. The number of Topliss-reactive ketones (excluding diaryl/α,β-unsaturated/α-hetero) is 2. The second kappa shape index (κ2) is 8.28. The van der Waals surface area contributed by atoms with Crippen molar-refractivity contribution in [3.63, 3.8) is 0 Å². The zero-order valence-corrected chi connectivity index (χ0v) is 16.9. The van der Waals surface area contributed by atoms with Gasteiger partial charge in [-0.15, -0.1) is 0 Å². The van der Waals surface area contributed by atoms with E-state index >= 15 is 0 Å². The summed E-state index contributed by atoms with van der Waals surface area (Å²) in [7, 11) is 0. The maximum Gasteiger partial charge on any atom is 0.217 e. The average Bonchev–Trinajstić information content (AvgIpc) is 2.80. The average molecular weight is 484 g/mol. The molecule has 2 aromatic rings. The van der Waals surface area contributed by atoms with Gasteiger partial charge in [0.25, 0.3) is 0 Å². The third kappa shape index (κ3) is 3.37. The lowest BCUT2D eigenvalue weighted by Gasteiger charge is -2.51. The number of ketones is 2. The van der Waals surface area contributed by atoms with Crippen LogP contribution in [0, 0.1) is 0 Å². The summed E-state index contributed by atoms with van der Waals surface area (Å²) in [6.07, 6.45) is -7.38. The number of phenolic OH excluding ortho intramolecular Hbond substituents is 6. The number of rotatable bonds is 5. The van der Waals surface area contributed by atoms with Gasteiger partial charge in [-0.3, -0.25) is 9.59 Å². The van der Waals surface area contributed by atoms with Crippen LogP contribution in [0.25, 0.3) is 0 Å². The molecule has 1 aliphatic rings. The van der Waals surface area contributed by atoms with Crippen LogP contribution in [0.4, 0.5) is 0 Å². The summed E-state index contributed by atoms with van der Waals surface area (Å²) in [5.41, 5.74) is -9.31. The lowest BCUT2D eigenvalue weighted by Crippen LogP contribution is -2.79. The zero-order chi connectivity index (χ0) is 25.7. The Morgan fingerprint density at radius 2 is 1.09 bits per heavy atom. The Kier molecular flexibility index (Phi) is 6.08. The molecule has 0 radical (unpaired) electrons. The van der Waals surface area contributed by atoms with E-state index < -0.39 is 93.5 Å². The van der Waals surface area contributed by atoms with E-state index in [0.717, 1.165) is 0 Å². The number of hydrogen-bond donors (Lipinski definition) is 11. The first-order chi connectivity index (χ1) is 15.7. The number of benzene rings is 2. The van der Waals surface area contributed by atoms with Gasteiger partial charge < -0.3 is 60.9 Å². The van der Waals surface area contributed by atoms with Gasteiger partial charge in [0.1, 0.15) is 12.2 Å². The highest BCUT2D eigenvalue weighted by Gasteiger charge is 2.72. The topological polar surface area (TPSA) is 266 Å². The van der Waals surface area contributed by atoms with Crippen LogP contribution in [-0.4, -0.2) is 104 Å². The van der Waals surface area contributed by atoms with Gasteiger partial charge in [0, 0.05) is 11.1 Å². The van der Waals surface area contributed by atoms with Crippen LogP contribution in [0.2, 0.25) is 0 Å². The lowest BCUT2D eigenvalue weighted by molar-refractivity contribution is -0.330. The standard InChI is InChI=1S/C20H20O14/c21-5-12-17(30)19(32,15(28)6-1-8(22)13(26)9(23)2-6)20(33,18(31)34-12)16(29)7-3-10(24)14(27)11(25)4-7/h1-4,12,17-18,21-27,30-33H,5H2/t12-,17-,18?,19+,20+/m1/s1. The number of aliphatic hydroxyl groups is 5. The number of aromatic hydroxyl groups is 6. The molecule has 0 amide bonds. The quantitative estimate of drug-likeness (QED) is 0.155. The van der Waals surface area contributed by atoms with E-state index in [2.05, 4.69) is 0 Å². The molecule has 11 N–H and O–H groups in total. The first-order valence-electron chi connectivity index (χ1n) is 9.38. The van der Waals surface area contributed by atoms with Crippen LogP contribution < -0.4 is 0 Å². The van der Waals surface area contributed by atoms with Crippen molar-refractivity contribution >= 4 is 11.6 Å². The first-order valence-corrected chi connectivity index (χ1v) is 9.38. The molecule has 0 aliphatic carbocycles. The molecule has 14 nitrogen and oxygen atoms in total. The minimum Gasteiger partial charge on any atom is -0.504 e. The van der Waals surface area contributed by atoms with E-state index in [1.165, 1.54) is 0 Å². The molecule has 1 heterocycles. The zero-order valence-electron chi connectivity index (χ0n) is 16.9. The van der Waals surface area contributed by atoms with Gasteiger partial charge in [0.2, 0.25) is 17.2 Å². The molecule has 1 fully saturated rings. The fraction of sp³-hybridized carbons (Fsp3) is 0.300. The summed E-state index contributed by atoms with van der Waals surface area (Å²) in [5.74, 6) is -10.0. The van der Waals surface area contributed by atoms with Crippen LogP contribution in [0.3, 0.4) is 0 Å². The molecule has 5 atom stereocenters. The molecule has 34 heavy (non-hydrogen) atoms. The molecular weight excluding hydrogens is 464 g/mol. The number of carbonyl (C=O) groups is 2. The van der Waals surface area contributed by atoms with E-state index in [9.17, 15) is 65.8 Å². The third-order valence-electron chi connectivity index (χ3n) is 5.56. The molecule has 0 aromatic heterocycles. The van der Waals surface area contributed by atoms with Crippen molar-refractivity contribution in [2.75, 3.05) is 6.61 Å². The predicted octanol–water partition coefficient (Wildman–Crippen LogP) is -2.48. The van der Waals surface area contributed by atoms with Crippen molar-refractivity contribution in [2.45, 2.75) is 29.7 Å². The van der Waals surface area contributed by atoms with Gasteiger partial charge in [-0.05, 0) is 24.3 Å². The Bertz CT molecular complexity index is 1120. The summed E-state index contributed by atoms with van der Waals surface area (Å²) in [4.78, 5) is 26.5. The molecule has 14 heteroatoms. The van der Waals surface area contributed by atoms with Crippen LogP contribution >= 0.6 is 0 Å². The maximum absolute atomic E-state index is 13.3. The second-order valence-corrected chi connectivity index (χ2v) is 7.57. The van der Waals surface area contributed by atoms with Crippen molar-refractivity contribution in [3.8, 4) is 34.5 Å². The molecule has 0 bridgehead atoms. The van der Waals surface area contributed by atoms with E-state index in [1.807, 2.05) is 0 Å². The lowest BCUT2D eigenvalue weighted by atomic mass is 9.66. The summed E-state index contributed by atoms with van der Waals surface area (Å²) in [6.45, 7) is -1.13. The second-order valence-electron chi connectivity index (χ2n) is 7.57. The molecule has 3 rings (SSSR count). The summed E-state index contributed by atoms with van der Waals surface area (Å²) in [6, 6.07) is 1.99. The third-order valence-corrected chi connectivity index (χ3v) is 5.56. The SMILES string of the molecule is O=C(c1cc(O)c(O)c(O)c1)[C@]1(O)C(O)O[C@H](CO)[C@@H](O)[C@@]1(O)C(=O)c1cc(O)c(O)c(O)c1. The van der Waals surface area contributed by atoms with Crippen molar-refractivity contribution in [3.05, 3.63) is 35.4 Å². The van der Waals surface area contributed by atoms with Crippen molar-refractivity contribution < 1.29 is 70.5 Å². The Hall–Kier alpha value is -3.66. The number of aliphatic hydroxyl groups excluding tert-OH is 3. The number of phenols is 6. The van der Waals surface area contributed by atoms with Crippen molar-refractivity contribution in [2.24, 2.45) is 0 Å². The van der Waals surface area contributed by atoms with Crippen molar-refractivity contribution in [1.29, 1.82) is 0 Å². The Morgan fingerprint density at radius 1 is 0.735 bits per heavy atom. The van der Waals surface area contributed by atoms with E-state index in [4.69, 9.17) is 4.74 Å². The monoisotopic (exact) mass is 484 g/mol. The Balaban J connectivity index is 2.26. The highest BCUT2D eigenvalue weighted by molar-refractivity contribution is 6.13. The molecule has 1 unspecified atom stereocenters. The van der Waals surface area contributed by atoms with Gasteiger partial charge in [-0.2, -0.15) is 0 Å². The van der Waals surface area contributed by atoms with E-state index in [-0.39, 0.29) is 0 Å². The van der Waals surface area contributed by atoms with Crippen LogP contribution in [0.1, 0.15) is 20.7 Å². The highest BCUT2D eigenvalue weighted by Crippen LogP contribution is 2.45. The number of ether oxygens (including phenoxy) is 1. The fourth-order valence-electron chi connectivity index (χ4n) is 3.67. The van der Waals surface area contributed by atoms with Crippen LogP contribution in [0.5, 0.6) is 34.5 Å². The van der Waals surface area contributed by atoms with Gasteiger partial charge in [0.05, 0.1) is 6.61 Å². The highest BCUT2D eigenvalue weighted by atomic mass is 16.6. The van der Waals surface area contributed by atoms with Crippen LogP contribution in [0.15, 0.2) is 24.3 Å². The molecule has 0 spiro atoms. The van der Waals surface area contributed by atoms with Gasteiger partial charge in [0.15, 0.2) is 46.4 Å². The summed E-state index contributed by atoms with van der Waals surface area (Å²) >= 11 is 0. The Labute approximate surface area is 189 Å². The normalized spacial score (nSPS) is 29.0. The predicted molar refractivity (Wildman–Crippen MR) is 105 cm³/mol. The van der Waals surface area contributed by atoms with Crippen molar-refractivity contribution in [1.82, 2.24) is 0 Å². The minimum absolute atomic E-state index is 0.496. The molecule has 1 saturated heterocycles. The van der Waals surface area contributed by atoms with Gasteiger partial charge >= 0.3 is 0 Å². The molecule has 1 aliphatic heterocycles.